The Morgan fingerprint density at radius 1 is 0.929 bits per heavy atom. The highest BCUT2D eigenvalue weighted by atomic mass is 32.2. The normalized spacial score (nSPS) is 12.5. The van der Waals surface area contributed by atoms with E-state index in [1.807, 2.05) is 30.3 Å². The lowest BCUT2D eigenvalue weighted by Gasteiger charge is -2.21. The van der Waals surface area contributed by atoms with E-state index in [9.17, 15) is 13.7 Å². The van der Waals surface area contributed by atoms with E-state index < -0.39 is 9.84 Å². The summed E-state index contributed by atoms with van der Waals surface area (Å²) in [6.07, 6.45) is 9.18. The molecule has 0 aliphatic rings. The van der Waals surface area contributed by atoms with Gasteiger partial charge in [-0.1, -0.05) is 82.3 Å². The summed E-state index contributed by atoms with van der Waals surface area (Å²) in [6.45, 7) is 4.33. The molecule has 0 bridgehead atoms. The molecule has 0 saturated heterocycles. The Kier molecular flexibility index (Phi) is 8.26. The van der Waals surface area contributed by atoms with Crippen LogP contribution in [0.15, 0.2) is 47.4 Å². The molecule has 0 aliphatic carbocycles. The van der Waals surface area contributed by atoms with Gasteiger partial charge in [-0.3, -0.25) is 0 Å². The van der Waals surface area contributed by atoms with Crippen molar-refractivity contribution in [2.24, 2.45) is 0 Å². The molecule has 0 spiro atoms. The van der Waals surface area contributed by atoms with Crippen LogP contribution < -0.4 is 0 Å². The van der Waals surface area contributed by atoms with Crippen LogP contribution in [0.2, 0.25) is 0 Å². The highest BCUT2D eigenvalue weighted by Gasteiger charge is 2.24. The molecule has 1 unspecified atom stereocenters. The Morgan fingerprint density at radius 2 is 1.61 bits per heavy atom. The summed E-state index contributed by atoms with van der Waals surface area (Å²) in [4.78, 5) is 0.387. The highest BCUT2D eigenvalue weighted by Crippen LogP contribution is 2.38. The van der Waals surface area contributed by atoms with Crippen molar-refractivity contribution in [3.05, 3.63) is 53.6 Å². The fraction of sp³-hybridized carbons (Fsp3) is 0.458. The van der Waals surface area contributed by atoms with Gasteiger partial charge in [0.15, 0.2) is 9.84 Å². The number of benzene rings is 2. The molecule has 28 heavy (non-hydrogen) atoms. The van der Waals surface area contributed by atoms with Gasteiger partial charge in [0.2, 0.25) is 0 Å². The molecule has 1 atom stereocenters. The Hall–Kier alpha value is -2.12. The molecule has 0 amide bonds. The topological polar surface area (TPSA) is 57.9 Å². The number of sulfone groups is 1. The van der Waals surface area contributed by atoms with Gasteiger partial charge in [-0.25, -0.2) is 8.42 Å². The number of hydrogen-bond acceptors (Lipinski definition) is 3. The van der Waals surface area contributed by atoms with Crippen LogP contribution >= 0.6 is 0 Å². The van der Waals surface area contributed by atoms with Crippen molar-refractivity contribution in [1.29, 1.82) is 5.26 Å². The first-order chi connectivity index (χ1) is 13.4. The van der Waals surface area contributed by atoms with Gasteiger partial charge in [-0.05, 0) is 30.4 Å². The van der Waals surface area contributed by atoms with Crippen molar-refractivity contribution < 1.29 is 8.42 Å². The minimum Gasteiger partial charge on any atom is -0.224 e. The SMILES string of the molecule is CCCCCCCC(CC)c1cccc(-c2ccccc2C#N)c1S(C)(=O)=O. The van der Waals surface area contributed by atoms with E-state index in [0.29, 0.717) is 21.6 Å². The monoisotopic (exact) mass is 397 g/mol. The van der Waals surface area contributed by atoms with E-state index in [4.69, 9.17) is 0 Å². The Labute approximate surface area is 170 Å². The predicted molar refractivity (Wildman–Crippen MR) is 116 cm³/mol. The minimum atomic E-state index is -3.44. The van der Waals surface area contributed by atoms with Gasteiger partial charge < -0.3 is 0 Å². The van der Waals surface area contributed by atoms with Gasteiger partial charge in [-0.2, -0.15) is 5.26 Å². The Bertz CT molecular complexity index is 926. The largest absolute Gasteiger partial charge is 0.224 e. The molecule has 2 aromatic rings. The summed E-state index contributed by atoms with van der Waals surface area (Å²) in [6, 6.07) is 15.1. The number of rotatable bonds is 10. The molecule has 0 heterocycles. The summed E-state index contributed by atoms with van der Waals surface area (Å²) >= 11 is 0. The molecule has 0 aliphatic heterocycles. The molecular formula is C24H31NO2S. The van der Waals surface area contributed by atoms with Gasteiger partial charge in [0.1, 0.15) is 0 Å². The molecule has 4 heteroatoms. The van der Waals surface area contributed by atoms with Crippen LogP contribution in [-0.2, 0) is 9.84 Å². The molecule has 3 nitrogen and oxygen atoms in total. The maximum Gasteiger partial charge on any atom is 0.176 e. The molecule has 150 valence electrons. The lowest BCUT2D eigenvalue weighted by molar-refractivity contribution is 0.528. The van der Waals surface area contributed by atoms with Crippen LogP contribution in [-0.4, -0.2) is 14.7 Å². The quantitative estimate of drug-likeness (QED) is 0.431. The van der Waals surface area contributed by atoms with E-state index in [1.54, 1.807) is 12.1 Å². The number of hydrogen-bond donors (Lipinski definition) is 0. The molecular weight excluding hydrogens is 366 g/mol. The Morgan fingerprint density at radius 3 is 2.25 bits per heavy atom. The second-order valence-corrected chi connectivity index (χ2v) is 9.41. The third-order valence-corrected chi connectivity index (χ3v) is 6.54. The van der Waals surface area contributed by atoms with Gasteiger partial charge in [-0.15, -0.1) is 0 Å². The molecule has 0 fully saturated rings. The summed E-state index contributed by atoms with van der Waals surface area (Å²) in [5.41, 5.74) is 2.72. The summed E-state index contributed by atoms with van der Waals surface area (Å²) in [7, 11) is -3.44. The molecule has 2 aromatic carbocycles. The first-order valence-electron chi connectivity index (χ1n) is 10.3. The van der Waals surface area contributed by atoms with Gasteiger partial charge >= 0.3 is 0 Å². The van der Waals surface area contributed by atoms with E-state index in [2.05, 4.69) is 19.9 Å². The van der Waals surface area contributed by atoms with Gasteiger partial charge in [0.05, 0.1) is 16.5 Å². The zero-order valence-electron chi connectivity index (χ0n) is 17.2. The standard InChI is InChI=1S/C24H31NO2S/c1-4-6-7-8-9-13-19(5-2)22-16-12-17-23(24(22)28(3,26)27)21-15-11-10-14-20(21)18-25/h10-12,14-17,19H,4-9,13H2,1-3H3. The van der Waals surface area contributed by atoms with Crippen LogP contribution in [0.5, 0.6) is 0 Å². The minimum absolute atomic E-state index is 0.209. The van der Waals surface area contributed by atoms with Crippen LogP contribution in [0.3, 0.4) is 0 Å². The average Bonchev–Trinajstić information content (AvgIpc) is 2.69. The van der Waals surface area contributed by atoms with Crippen molar-refractivity contribution in [2.75, 3.05) is 6.26 Å². The lowest BCUT2D eigenvalue weighted by atomic mass is 9.88. The molecule has 0 saturated carbocycles. The van der Waals surface area contributed by atoms with E-state index in [0.717, 1.165) is 24.8 Å². The molecule has 0 radical (unpaired) electrons. The van der Waals surface area contributed by atoms with Crippen LogP contribution in [0.25, 0.3) is 11.1 Å². The molecule has 0 N–H and O–H groups in total. The average molecular weight is 398 g/mol. The van der Waals surface area contributed by atoms with E-state index in [1.165, 1.54) is 31.9 Å². The van der Waals surface area contributed by atoms with Gasteiger partial charge in [0.25, 0.3) is 0 Å². The van der Waals surface area contributed by atoms with Crippen molar-refractivity contribution in [2.45, 2.75) is 69.6 Å². The van der Waals surface area contributed by atoms with Crippen LogP contribution in [0.1, 0.15) is 75.8 Å². The van der Waals surface area contributed by atoms with Gasteiger partial charge in [0, 0.05) is 17.4 Å². The number of unbranched alkanes of at least 4 members (excludes halogenated alkanes) is 4. The van der Waals surface area contributed by atoms with Crippen LogP contribution in [0.4, 0.5) is 0 Å². The fourth-order valence-electron chi connectivity index (χ4n) is 3.89. The highest BCUT2D eigenvalue weighted by molar-refractivity contribution is 7.91. The van der Waals surface area contributed by atoms with Crippen molar-refractivity contribution in [3.63, 3.8) is 0 Å². The molecule has 0 aromatic heterocycles. The smallest absolute Gasteiger partial charge is 0.176 e. The zero-order chi connectivity index (χ0) is 20.6. The van der Waals surface area contributed by atoms with Crippen molar-refractivity contribution >= 4 is 9.84 Å². The third-order valence-electron chi connectivity index (χ3n) is 5.34. The summed E-state index contributed by atoms with van der Waals surface area (Å²) < 4.78 is 25.6. The second kappa shape index (κ2) is 10.4. The Balaban J connectivity index is 2.49. The predicted octanol–water partition coefficient (Wildman–Crippen LogP) is 6.48. The first-order valence-corrected chi connectivity index (χ1v) is 12.2. The zero-order valence-corrected chi connectivity index (χ0v) is 18.1. The summed E-state index contributed by atoms with van der Waals surface area (Å²) in [5, 5.41) is 9.49. The molecule has 2 rings (SSSR count). The maximum atomic E-state index is 12.8. The van der Waals surface area contributed by atoms with Crippen LogP contribution in [0, 0.1) is 11.3 Å². The van der Waals surface area contributed by atoms with Crippen molar-refractivity contribution in [1.82, 2.24) is 0 Å². The van der Waals surface area contributed by atoms with E-state index in [-0.39, 0.29) is 5.92 Å². The van der Waals surface area contributed by atoms with E-state index >= 15 is 0 Å². The second-order valence-electron chi connectivity index (χ2n) is 7.46. The lowest BCUT2D eigenvalue weighted by Crippen LogP contribution is -2.09. The maximum absolute atomic E-state index is 12.8. The number of nitrogens with zero attached hydrogens (tertiary/aromatic N) is 1. The fourth-order valence-corrected chi connectivity index (χ4v) is 5.13. The number of nitriles is 1. The third kappa shape index (κ3) is 5.45. The summed E-state index contributed by atoms with van der Waals surface area (Å²) in [5.74, 6) is 0.209. The van der Waals surface area contributed by atoms with Crippen molar-refractivity contribution in [3.8, 4) is 17.2 Å². The first kappa shape index (κ1) is 22.2.